The van der Waals surface area contributed by atoms with Crippen molar-refractivity contribution >= 4 is 35.0 Å². The molecule has 1 amide bonds. The fourth-order valence-electron chi connectivity index (χ4n) is 2.49. The Morgan fingerprint density at radius 2 is 2.16 bits per heavy atom. The van der Waals surface area contributed by atoms with E-state index in [-0.39, 0.29) is 19.1 Å². The van der Waals surface area contributed by atoms with Crippen LogP contribution < -0.4 is 0 Å². The third-order valence-corrected chi connectivity index (χ3v) is 5.65. The molecule has 132 valence electrons. The summed E-state index contributed by atoms with van der Waals surface area (Å²) >= 11 is 3.31. The van der Waals surface area contributed by atoms with E-state index in [1.165, 1.54) is 4.90 Å². The van der Waals surface area contributed by atoms with Gasteiger partial charge in [-0.2, -0.15) is 0 Å². The standard InChI is InChI=1S/C17H18N2O4S2/c1-11-18-13(9-24-11)10-25-14-4-2-12(3-5-14)16(20)19-6-7-23-15(8-19)17(21)22/h2-5,9,15H,6-8,10H2,1H3,(H,21,22). The molecule has 0 bridgehead atoms. The van der Waals surface area contributed by atoms with Crippen LogP contribution >= 0.6 is 23.1 Å². The van der Waals surface area contributed by atoms with Gasteiger partial charge >= 0.3 is 5.97 Å². The number of aliphatic carboxylic acids is 1. The monoisotopic (exact) mass is 378 g/mol. The summed E-state index contributed by atoms with van der Waals surface area (Å²) < 4.78 is 5.15. The molecule has 1 aliphatic heterocycles. The molecule has 0 spiro atoms. The lowest BCUT2D eigenvalue weighted by molar-refractivity contribution is -0.154. The first-order valence-electron chi connectivity index (χ1n) is 7.80. The average molecular weight is 378 g/mol. The van der Waals surface area contributed by atoms with Crippen molar-refractivity contribution in [3.63, 3.8) is 0 Å². The summed E-state index contributed by atoms with van der Waals surface area (Å²) in [6, 6.07) is 7.38. The van der Waals surface area contributed by atoms with Crippen LogP contribution in [0.3, 0.4) is 0 Å². The maximum absolute atomic E-state index is 12.5. The number of hydrogen-bond acceptors (Lipinski definition) is 6. The van der Waals surface area contributed by atoms with Gasteiger partial charge in [0.2, 0.25) is 0 Å². The number of thioether (sulfide) groups is 1. The lowest BCUT2D eigenvalue weighted by Gasteiger charge is -2.30. The van der Waals surface area contributed by atoms with Crippen molar-refractivity contribution in [1.29, 1.82) is 0 Å². The molecule has 0 radical (unpaired) electrons. The summed E-state index contributed by atoms with van der Waals surface area (Å²) in [6.07, 6.45) is -0.950. The zero-order valence-electron chi connectivity index (χ0n) is 13.7. The highest BCUT2D eigenvalue weighted by molar-refractivity contribution is 7.98. The number of carboxylic acid groups (broad SMARTS) is 1. The second-order valence-electron chi connectivity index (χ2n) is 5.62. The molecule has 25 heavy (non-hydrogen) atoms. The van der Waals surface area contributed by atoms with Crippen LogP contribution in [-0.2, 0) is 15.3 Å². The Hall–Kier alpha value is -1.90. The quantitative estimate of drug-likeness (QED) is 0.806. The molecule has 0 saturated carbocycles. The topological polar surface area (TPSA) is 79.7 Å². The fourth-order valence-corrected chi connectivity index (χ4v) is 4.00. The molecule has 2 heterocycles. The first-order chi connectivity index (χ1) is 12.0. The number of carbonyl (C=O) groups excluding carboxylic acids is 1. The van der Waals surface area contributed by atoms with Crippen LogP contribution in [0.5, 0.6) is 0 Å². The molecule has 1 atom stereocenters. The second kappa shape index (κ2) is 7.99. The van der Waals surface area contributed by atoms with E-state index >= 15 is 0 Å². The Bertz CT molecular complexity index is 760. The summed E-state index contributed by atoms with van der Waals surface area (Å²) in [5.74, 6) is -0.413. The van der Waals surface area contributed by atoms with E-state index in [9.17, 15) is 9.59 Å². The van der Waals surface area contributed by atoms with Crippen molar-refractivity contribution in [2.45, 2.75) is 23.7 Å². The van der Waals surface area contributed by atoms with Crippen molar-refractivity contribution in [3.8, 4) is 0 Å². The van der Waals surface area contributed by atoms with Gasteiger partial charge in [0.15, 0.2) is 6.10 Å². The first kappa shape index (κ1) is 17.9. The molecular formula is C17H18N2O4S2. The SMILES string of the molecule is Cc1nc(CSc2ccc(C(=O)N3CCOC(C(=O)O)C3)cc2)cs1. The van der Waals surface area contributed by atoms with Gasteiger partial charge in [-0.1, -0.05) is 0 Å². The van der Waals surface area contributed by atoms with Crippen LogP contribution in [0, 0.1) is 6.92 Å². The number of rotatable bonds is 5. The van der Waals surface area contributed by atoms with Crippen molar-refractivity contribution in [2.75, 3.05) is 19.7 Å². The zero-order chi connectivity index (χ0) is 17.8. The molecule has 1 unspecified atom stereocenters. The second-order valence-corrected chi connectivity index (χ2v) is 7.73. The smallest absolute Gasteiger partial charge is 0.334 e. The maximum atomic E-state index is 12.5. The molecule has 1 fully saturated rings. The summed E-state index contributed by atoms with van der Waals surface area (Å²) in [6.45, 7) is 2.71. The number of thiazole rings is 1. The first-order valence-corrected chi connectivity index (χ1v) is 9.67. The molecule has 1 aromatic heterocycles. The van der Waals surface area contributed by atoms with Gasteiger partial charge in [0.25, 0.3) is 5.91 Å². The van der Waals surface area contributed by atoms with Gasteiger partial charge in [-0.05, 0) is 31.2 Å². The Morgan fingerprint density at radius 3 is 2.80 bits per heavy atom. The summed E-state index contributed by atoms with van der Waals surface area (Å²) in [5, 5.41) is 12.1. The zero-order valence-corrected chi connectivity index (χ0v) is 15.3. The number of aromatic nitrogens is 1. The normalized spacial score (nSPS) is 17.5. The van der Waals surface area contributed by atoms with Gasteiger partial charge in [-0.15, -0.1) is 23.1 Å². The average Bonchev–Trinajstić information content (AvgIpc) is 3.05. The summed E-state index contributed by atoms with van der Waals surface area (Å²) in [5.41, 5.74) is 1.61. The van der Waals surface area contributed by atoms with Gasteiger partial charge in [0.1, 0.15) is 0 Å². The number of ether oxygens (including phenoxy) is 1. The van der Waals surface area contributed by atoms with Crippen LogP contribution in [0.25, 0.3) is 0 Å². The number of nitrogens with zero attached hydrogens (tertiary/aromatic N) is 2. The number of carbonyl (C=O) groups is 2. The molecule has 1 aromatic carbocycles. The van der Waals surface area contributed by atoms with E-state index in [0.717, 1.165) is 21.3 Å². The maximum Gasteiger partial charge on any atom is 0.334 e. The van der Waals surface area contributed by atoms with Crippen molar-refractivity contribution in [1.82, 2.24) is 9.88 Å². The Morgan fingerprint density at radius 1 is 1.40 bits per heavy atom. The van der Waals surface area contributed by atoms with Gasteiger partial charge in [-0.25, -0.2) is 9.78 Å². The molecule has 3 rings (SSSR count). The molecule has 1 N–H and O–H groups in total. The van der Waals surface area contributed by atoms with Gasteiger partial charge in [0.05, 0.1) is 23.9 Å². The van der Waals surface area contributed by atoms with Crippen LogP contribution in [-0.4, -0.2) is 52.7 Å². The number of benzene rings is 1. The Labute approximate surface area is 153 Å². The minimum absolute atomic E-state index is 0.0772. The highest BCUT2D eigenvalue weighted by atomic mass is 32.2. The Balaban J connectivity index is 1.59. The number of hydrogen-bond donors (Lipinski definition) is 1. The predicted octanol–water partition coefficient (Wildman–Crippen LogP) is 2.67. The third kappa shape index (κ3) is 4.59. The van der Waals surface area contributed by atoms with Crippen LogP contribution in [0.15, 0.2) is 34.5 Å². The van der Waals surface area contributed by atoms with Crippen molar-refractivity contribution < 1.29 is 19.4 Å². The van der Waals surface area contributed by atoms with Crippen LogP contribution in [0.4, 0.5) is 0 Å². The van der Waals surface area contributed by atoms with Crippen molar-refractivity contribution in [3.05, 3.63) is 45.9 Å². The van der Waals surface area contributed by atoms with E-state index in [2.05, 4.69) is 10.4 Å². The van der Waals surface area contributed by atoms with E-state index in [0.29, 0.717) is 12.1 Å². The van der Waals surface area contributed by atoms with E-state index < -0.39 is 12.1 Å². The largest absolute Gasteiger partial charge is 0.479 e. The van der Waals surface area contributed by atoms with E-state index in [1.807, 2.05) is 19.1 Å². The lowest BCUT2D eigenvalue weighted by Crippen LogP contribution is -2.48. The summed E-state index contributed by atoms with van der Waals surface area (Å²) in [7, 11) is 0. The fraction of sp³-hybridized carbons (Fsp3) is 0.353. The molecule has 1 aliphatic rings. The van der Waals surface area contributed by atoms with E-state index in [1.54, 1.807) is 35.2 Å². The predicted molar refractivity (Wildman–Crippen MR) is 96.1 cm³/mol. The van der Waals surface area contributed by atoms with Gasteiger partial charge in [-0.3, -0.25) is 4.79 Å². The molecule has 2 aromatic rings. The highest BCUT2D eigenvalue weighted by Crippen LogP contribution is 2.24. The minimum atomic E-state index is -1.04. The van der Waals surface area contributed by atoms with E-state index in [4.69, 9.17) is 9.84 Å². The lowest BCUT2D eigenvalue weighted by atomic mass is 10.1. The van der Waals surface area contributed by atoms with Crippen LogP contribution in [0.1, 0.15) is 21.1 Å². The summed E-state index contributed by atoms with van der Waals surface area (Å²) in [4.78, 5) is 30.6. The van der Waals surface area contributed by atoms with Gasteiger partial charge in [0, 0.05) is 28.1 Å². The number of morpholine rings is 1. The number of aryl methyl sites for hydroxylation is 1. The Kier molecular flexibility index (Phi) is 5.72. The van der Waals surface area contributed by atoms with Crippen molar-refractivity contribution in [2.24, 2.45) is 0 Å². The molecule has 1 saturated heterocycles. The number of carboxylic acids is 1. The molecule has 6 nitrogen and oxygen atoms in total. The number of amides is 1. The highest BCUT2D eigenvalue weighted by Gasteiger charge is 2.29. The molecule has 8 heteroatoms. The minimum Gasteiger partial charge on any atom is -0.479 e. The van der Waals surface area contributed by atoms with Crippen LogP contribution in [0.2, 0.25) is 0 Å². The molecular weight excluding hydrogens is 360 g/mol. The van der Waals surface area contributed by atoms with Gasteiger partial charge < -0.3 is 14.7 Å². The third-order valence-electron chi connectivity index (χ3n) is 3.78. The molecule has 0 aliphatic carbocycles.